The van der Waals surface area contributed by atoms with Gasteiger partial charge in [-0.05, 0) is 62.6 Å². The van der Waals surface area contributed by atoms with Crippen molar-refractivity contribution in [2.24, 2.45) is 5.73 Å². The number of aromatic nitrogens is 1. The minimum absolute atomic E-state index is 0.0288. The number of nitrogens with one attached hydrogen (secondary N) is 1. The van der Waals surface area contributed by atoms with Crippen LogP contribution in [0.25, 0.3) is 10.9 Å². The van der Waals surface area contributed by atoms with E-state index in [0.717, 1.165) is 22.2 Å². The molecule has 36 heavy (non-hydrogen) atoms. The Kier molecular flexibility index (Phi) is 9.22. The number of aliphatic hydroxyl groups is 1. The number of rotatable bonds is 13. The molecule has 0 aliphatic heterocycles. The van der Waals surface area contributed by atoms with Crippen LogP contribution >= 0.6 is 0 Å². The zero-order valence-electron chi connectivity index (χ0n) is 20.4. The van der Waals surface area contributed by atoms with E-state index >= 15 is 0 Å². The molecule has 0 bridgehead atoms. The largest absolute Gasteiger partial charge is 0.488 e. The Morgan fingerprint density at radius 1 is 1.17 bits per heavy atom. The number of fused-ring (bicyclic) bond motifs is 1. The molecule has 10 heteroatoms. The summed E-state index contributed by atoms with van der Waals surface area (Å²) in [5, 5.41) is 13.4. The normalized spacial score (nSPS) is 12.6. The van der Waals surface area contributed by atoms with Crippen LogP contribution in [0.4, 0.5) is 13.2 Å². The number of nitrogens with zero attached hydrogens (tertiary/aromatic N) is 1. The zero-order chi connectivity index (χ0) is 26.3. The van der Waals surface area contributed by atoms with Crippen molar-refractivity contribution in [2.45, 2.75) is 45.5 Å². The molecule has 1 aromatic heterocycles. The molecule has 1 amide bonds. The van der Waals surface area contributed by atoms with Crippen LogP contribution in [0, 0.1) is 6.92 Å². The Morgan fingerprint density at radius 3 is 2.50 bits per heavy atom. The fraction of sp³-hybridized carbons (Fsp3) is 0.423. The summed E-state index contributed by atoms with van der Waals surface area (Å²) in [5.41, 5.74) is 8.84. The van der Waals surface area contributed by atoms with Crippen molar-refractivity contribution in [3.63, 3.8) is 0 Å². The second-order valence-corrected chi connectivity index (χ2v) is 8.72. The fourth-order valence-corrected chi connectivity index (χ4v) is 4.17. The molecule has 7 nitrogen and oxygen atoms in total. The highest BCUT2D eigenvalue weighted by molar-refractivity contribution is 6.05. The number of aliphatic hydroxyl groups excluding tert-OH is 1. The van der Waals surface area contributed by atoms with Gasteiger partial charge in [0.05, 0.1) is 11.1 Å². The van der Waals surface area contributed by atoms with E-state index in [0.29, 0.717) is 31.5 Å². The Bertz CT molecular complexity index is 1180. The summed E-state index contributed by atoms with van der Waals surface area (Å²) in [4.78, 5) is 12.2. The molecule has 3 aromatic rings. The predicted octanol–water partition coefficient (Wildman–Crippen LogP) is 3.97. The summed E-state index contributed by atoms with van der Waals surface area (Å²) in [6, 6.07) is 12.1. The van der Waals surface area contributed by atoms with Gasteiger partial charge in [0, 0.05) is 36.8 Å². The first-order chi connectivity index (χ1) is 17.1. The molecule has 2 aromatic carbocycles. The van der Waals surface area contributed by atoms with Crippen LogP contribution in [0.5, 0.6) is 11.5 Å². The fourth-order valence-electron chi connectivity index (χ4n) is 4.17. The lowest BCUT2D eigenvalue weighted by Gasteiger charge is -2.17. The van der Waals surface area contributed by atoms with Gasteiger partial charge in [0.25, 0.3) is 5.91 Å². The first-order valence-corrected chi connectivity index (χ1v) is 11.8. The number of benzene rings is 2. The second kappa shape index (κ2) is 12.1. The minimum atomic E-state index is -4.43. The average Bonchev–Trinajstić information content (AvgIpc) is 3.13. The molecule has 0 fully saturated rings. The molecular weight excluding hydrogens is 475 g/mol. The molecule has 0 spiro atoms. The van der Waals surface area contributed by atoms with Crippen molar-refractivity contribution >= 4 is 16.8 Å². The molecule has 3 rings (SSSR count). The number of carbonyl (C=O) groups excluding carboxylic acids is 1. The van der Waals surface area contributed by atoms with Gasteiger partial charge >= 0.3 is 6.18 Å². The summed E-state index contributed by atoms with van der Waals surface area (Å²) in [7, 11) is 0. The molecule has 0 saturated carbocycles. The SMILES string of the molecule is Cc1cc2cc(CC(C)NCCOc3ccccc3OCC(F)(F)F)cc(C(N)=O)c2n1CCCO. The monoisotopic (exact) mass is 507 g/mol. The number of ether oxygens (including phenoxy) is 2. The average molecular weight is 508 g/mol. The van der Waals surface area contributed by atoms with E-state index in [1.165, 1.54) is 6.07 Å². The maximum absolute atomic E-state index is 12.5. The number of aryl methyl sites for hydroxylation is 2. The molecule has 1 atom stereocenters. The molecule has 0 saturated heterocycles. The Hall–Kier alpha value is -3.24. The standard InChI is InChI=1S/C26H32F3N3O4/c1-17(31-8-11-35-22-6-3-4-7-23(22)36-16-26(27,28)29)12-19-14-20-13-18(2)32(9-5-10-33)24(20)21(15-19)25(30)34/h3-4,6-7,13-15,17,31,33H,5,8-12,16H2,1-2H3,(H2,30,34). The second-order valence-electron chi connectivity index (χ2n) is 8.72. The third-order valence-corrected chi connectivity index (χ3v) is 5.70. The van der Waals surface area contributed by atoms with Gasteiger partial charge in [-0.25, -0.2) is 0 Å². The third-order valence-electron chi connectivity index (χ3n) is 5.70. The smallest absolute Gasteiger partial charge is 0.422 e. The van der Waals surface area contributed by atoms with Gasteiger partial charge in [0.2, 0.25) is 0 Å². The number of hydrogen-bond donors (Lipinski definition) is 3. The molecule has 1 heterocycles. The lowest BCUT2D eigenvalue weighted by atomic mass is 10.0. The van der Waals surface area contributed by atoms with E-state index in [2.05, 4.69) is 5.32 Å². The molecular formula is C26H32F3N3O4. The molecule has 0 aliphatic rings. The van der Waals surface area contributed by atoms with Gasteiger partial charge in [-0.2, -0.15) is 13.2 Å². The number of carbonyl (C=O) groups is 1. The maximum atomic E-state index is 12.5. The van der Waals surface area contributed by atoms with Crippen LogP contribution in [0.1, 0.15) is 35.0 Å². The lowest BCUT2D eigenvalue weighted by Crippen LogP contribution is -2.32. The quantitative estimate of drug-likeness (QED) is 0.304. The van der Waals surface area contributed by atoms with Crippen LogP contribution in [0.2, 0.25) is 0 Å². The predicted molar refractivity (Wildman–Crippen MR) is 132 cm³/mol. The summed E-state index contributed by atoms with van der Waals surface area (Å²) >= 11 is 0. The molecule has 0 aliphatic carbocycles. The zero-order valence-corrected chi connectivity index (χ0v) is 20.4. The van der Waals surface area contributed by atoms with Crippen molar-refractivity contribution in [1.82, 2.24) is 9.88 Å². The van der Waals surface area contributed by atoms with Crippen LogP contribution < -0.4 is 20.5 Å². The topological polar surface area (TPSA) is 98.7 Å². The van der Waals surface area contributed by atoms with Crippen molar-refractivity contribution < 1.29 is 32.5 Å². The first kappa shape index (κ1) is 27.3. The number of nitrogens with two attached hydrogens (primary N) is 1. The van der Waals surface area contributed by atoms with Crippen molar-refractivity contribution in [2.75, 3.05) is 26.4 Å². The lowest BCUT2D eigenvalue weighted by molar-refractivity contribution is -0.153. The van der Waals surface area contributed by atoms with Crippen LogP contribution in [-0.4, -0.2) is 54.2 Å². The van der Waals surface area contributed by atoms with E-state index in [9.17, 15) is 23.1 Å². The Labute approximate surface area is 208 Å². The first-order valence-electron chi connectivity index (χ1n) is 11.8. The molecule has 4 N–H and O–H groups in total. The summed E-state index contributed by atoms with van der Waals surface area (Å²) < 4.78 is 49.8. The van der Waals surface area contributed by atoms with Gasteiger partial charge < -0.3 is 30.2 Å². The molecule has 196 valence electrons. The number of hydrogen-bond acceptors (Lipinski definition) is 5. The number of halogens is 3. The van der Waals surface area contributed by atoms with E-state index < -0.39 is 18.7 Å². The van der Waals surface area contributed by atoms with E-state index in [-0.39, 0.29) is 30.8 Å². The highest BCUT2D eigenvalue weighted by atomic mass is 19.4. The molecule has 0 radical (unpaired) electrons. The molecule has 1 unspecified atom stereocenters. The third kappa shape index (κ3) is 7.38. The van der Waals surface area contributed by atoms with Crippen LogP contribution in [-0.2, 0) is 13.0 Å². The summed E-state index contributed by atoms with van der Waals surface area (Å²) in [6.07, 6.45) is -3.23. The van der Waals surface area contributed by atoms with Crippen LogP contribution in [0.15, 0.2) is 42.5 Å². The number of primary amides is 1. The van der Waals surface area contributed by atoms with Crippen LogP contribution in [0.3, 0.4) is 0 Å². The maximum Gasteiger partial charge on any atom is 0.422 e. The summed E-state index contributed by atoms with van der Waals surface area (Å²) in [6.45, 7) is 3.90. The van der Waals surface area contributed by atoms with Gasteiger partial charge in [-0.15, -0.1) is 0 Å². The van der Waals surface area contributed by atoms with Gasteiger partial charge in [-0.1, -0.05) is 12.1 Å². The van der Waals surface area contributed by atoms with E-state index in [1.807, 2.05) is 36.6 Å². The highest BCUT2D eigenvalue weighted by Gasteiger charge is 2.29. The number of para-hydroxylation sites is 2. The highest BCUT2D eigenvalue weighted by Crippen LogP contribution is 2.29. The minimum Gasteiger partial charge on any atom is -0.488 e. The van der Waals surface area contributed by atoms with Gasteiger partial charge in [0.15, 0.2) is 18.1 Å². The number of alkyl halides is 3. The van der Waals surface area contributed by atoms with Crippen molar-refractivity contribution in [1.29, 1.82) is 0 Å². The van der Waals surface area contributed by atoms with Gasteiger partial charge in [-0.3, -0.25) is 4.79 Å². The number of amides is 1. The Morgan fingerprint density at radius 2 is 1.86 bits per heavy atom. The van der Waals surface area contributed by atoms with Gasteiger partial charge in [0.1, 0.15) is 6.61 Å². The summed E-state index contributed by atoms with van der Waals surface area (Å²) in [5.74, 6) is -0.226. The van der Waals surface area contributed by atoms with E-state index in [1.54, 1.807) is 18.2 Å². The van der Waals surface area contributed by atoms with E-state index in [4.69, 9.17) is 15.2 Å². The van der Waals surface area contributed by atoms with Crippen molar-refractivity contribution in [3.8, 4) is 11.5 Å². The van der Waals surface area contributed by atoms with Crippen molar-refractivity contribution in [3.05, 3.63) is 59.3 Å². The Balaban J connectivity index is 1.60.